The number of hydrogen-bond acceptors (Lipinski definition) is 7. The van der Waals surface area contributed by atoms with E-state index >= 15 is 0 Å². The zero-order valence-corrected chi connectivity index (χ0v) is 16.6. The lowest BCUT2D eigenvalue weighted by Crippen LogP contribution is -2.37. The molecule has 9 nitrogen and oxygen atoms in total. The molecule has 4 heterocycles. The molecule has 1 N–H and O–H groups in total. The van der Waals surface area contributed by atoms with E-state index in [0.717, 1.165) is 20.8 Å². The highest BCUT2D eigenvalue weighted by atomic mass is 32.1. The van der Waals surface area contributed by atoms with E-state index in [4.69, 9.17) is 0 Å². The first-order chi connectivity index (χ1) is 13.9. The lowest BCUT2D eigenvalue weighted by molar-refractivity contribution is 0.102. The lowest BCUT2D eigenvalue weighted by Gasteiger charge is -2.07. The lowest BCUT2D eigenvalue weighted by atomic mass is 10.2. The predicted octanol–water partition coefficient (Wildman–Crippen LogP) is 1.71. The van der Waals surface area contributed by atoms with E-state index in [2.05, 4.69) is 20.3 Å². The molecule has 0 unspecified atom stereocenters. The number of carbonyl (C=O) groups excluding carboxylic acids is 1. The summed E-state index contributed by atoms with van der Waals surface area (Å²) < 4.78 is 2.25. The van der Waals surface area contributed by atoms with Crippen molar-refractivity contribution in [2.45, 2.75) is 6.92 Å². The van der Waals surface area contributed by atoms with Gasteiger partial charge in [0.05, 0.1) is 27.2 Å². The first-order valence-corrected chi connectivity index (χ1v) is 9.44. The largest absolute Gasteiger partial charge is 0.332 e. The van der Waals surface area contributed by atoms with Gasteiger partial charge in [-0.05, 0) is 25.1 Å². The minimum atomic E-state index is -0.507. The van der Waals surface area contributed by atoms with Crippen molar-refractivity contribution >= 4 is 33.4 Å². The van der Waals surface area contributed by atoms with Gasteiger partial charge in [-0.15, -0.1) is 0 Å². The van der Waals surface area contributed by atoms with Crippen LogP contribution in [0.15, 0.2) is 46.2 Å². The Bertz CT molecular complexity index is 1370. The number of fused-ring (bicyclic) bond motifs is 1. The third-order valence-corrected chi connectivity index (χ3v) is 5.57. The Morgan fingerprint density at radius 3 is 2.66 bits per heavy atom. The fraction of sp³-hybridized carbons (Fsp3) is 0.158. The summed E-state index contributed by atoms with van der Waals surface area (Å²) in [5.41, 5.74) is 0.960. The van der Waals surface area contributed by atoms with Crippen LogP contribution < -0.4 is 16.6 Å². The molecular weight excluding hydrogens is 392 g/mol. The number of carbonyl (C=O) groups is 1. The summed E-state index contributed by atoms with van der Waals surface area (Å²) in [5, 5.41) is 3.34. The minimum Gasteiger partial charge on any atom is -0.298 e. The van der Waals surface area contributed by atoms with Gasteiger partial charge < -0.3 is 0 Å². The molecule has 0 aliphatic heterocycles. The van der Waals surface area contributed by atoms with Crippen molar-refractivity contribution < 1.29 is 4.79 Å². The summed E-state index contributed by atoms with van der Waals surface area (Å²) in [6, 6.07) is 7.02. The van der Waals surface area contributed by atoms with Crippen LogP contribution in [0.5, 0.6) is 0 Å². The predicted molar refractivity (Wildman–Crippen MR) is 110 cm³/mol. The first kappa shape index (κ1) is 18.7. The Kier molecular flexibility index (Phi) is 4.55. The Balaban J connectivity index is 1.68. The van der Waals surface area contributed by atoms with Crippen LogP contribution in [0, 0.1) is 6.92 Å². The molecule has 0 fully saturated rings. The molecule has 4 aromatic rings. The summed E-state index contributed by atoms with van der Waals surface area (Å²) in [4.78, 5) is 50.8. The second-order valence-electron chi connectivity index (χ2n) is 6.40. The molecule has 4 rings (SSSR count). The fourth-order valence-corrected chi connectivity index (χ4v) is 3.88. The van der Waals surface area contributed by atoms with E-state index in [1.165, 1.54) is 42.3 Å². The van der Waals surface area contributed by atoms with Crippen molar-refractivity contribution in [1.29, 1.82) is 0 Å². The topological polar surface area (TPSA) is 112 Å². The van der Waals surface area contributed by atoms with Crippen LogP contribution >= 0.6 is 11.3 Å². The van der Waals surface area contributed by atoms with Gasteiger partial charge in [0.25, 0.3) is 11.5 Å². The molecule has 0 bridgehead atoms. The van der Waals surface area contributed by atoms with Crippen molar-refractivity contribution in [3.05, 3.63) is 68.8 Å². The molecule has 0 saturated carbocycles. The van der Waals surface area contributed by atoms with Gasteiger partial charge in [0, 0.05) is 26.5 Å². The van der Waals surface area contributed by atoms with Gasteiger partial charge in [0.15, 0.2) is 5.13 Å². The number of anilines is 1. The van der Waals surface area contributed by atoms with Crippen LogP contribution in [0.4, 0.5) is 5.13 Å². The first-order valence-electron chi connectivity index (χ1n) is 8.63. The van der Waals surface area contributed by atoms with E-state index < -0.39 is 17.2 Å². The molecule has 146 valence electrons. The molecular formula is C19H16N6O3S. The zero-order valence-electron chi connectivity index (χ0n) is 15.8. The zero-order chi connectivity index (χ0) is 20.7. The Labute approximate surface area is 168 Å². The van der Waals surface area contributed by atoms with Gasteiger partial charge in [-0.2, -0.15) is 0 Å². The highest BCUT2D eigenvalue weighted by molar-refractivity contribution is 7.19. The highest BCUT2D eigenvalue weighted by Gasteiger charge is 2.16. The maximum absolute atomic E-state index is 12.7. The number of pyridine rings is 2. The molecule has 0 spiro atoms. The smallest absolute Gasteiger partial charge is 0.298 e. The molecule has 0 atom stereocenters. The molecule has 0 aliphatic rings. The van der Waals surface area contributed by atoms with Gasteiger partial charge in [-0.1, -0.05) is 17.4 Å². The van der Waals surface area contributed by atoms with Crippen LogP contribution in [0.25, 0.3) is 21.6 Å². The molecule has 0 aliphatic carbocycles. The third kappa shape index (κ3) is 3.23. The number of rotatable bonds is 3. The summed E-state index contributed by atoms with van der Waals surface area (Å²) >= 11 is 1.31. The maximum Gasteiger partial charge on any atom is 0.332 e. The van der Waals surface area contributed by atoms with Crippen LogP contribution in [-0.2, 0) is 14.1 Å². The van der Waals surface area contributed by atoms with E-state index in [1.54, 1.807) is 6.20 Å². The molecule has 10 heteroatoms. The number of nitrogens with one attached hydrogen (secondary N) is 1. The van der Waals surface area contributed by atoms with Crippen LogP contribution in [-0.4, -0.2) is 30.0 Å². The molecule has 1 amide bonds. The van der Waals surface area contributed by atoms with Gasteiger partial charge in [0.2, 0.25) is 0 Å². The molecule has 0 radical (unpaired) electrons. The fourth-order valence-electron chi connectivity index (χ4n) is 2.94. The van der Waals surface area contributed by atoms with E-state index in [0.29, 0.717) is 5.13 Å². The van der Waals surface area contributed by atoms with Gasteiger partial charge in [-0.3, -0.25) is 29.0 Å². The average Bonchev–Trinajstić information content (AvgIpc) is 3.10. The number of aryl methyl sites for hydroxylation is 2. The highest BCUT2D eigenvalue weighted by Crippen LogP contribution is 2.31. The molecule has 29 heavy (non-hydrogen) atoms. The second-order valence-corrected chi connectivity index (χ2v) is 7.40. The second kappa shape index (κ2) is 7.06. The Morgan fingerprint density at radius 1 is 1.14 bits per heavy atom. The van der Waals surface area contributed by atoms with Crippen molar-refractivity contribution in [3.63, 3.8) is 0 Å². The number of hydrogen-bond donors (Lipinski definition) is 1. The number of aromatic nitrogens is 5. The summed E-state index contributed by atoms with van der Waals surface area (Å²) in [7, 11) is 2.91. The summed E-state index contributed by atoms with van der Waals surface area (Å²) in [5.74, 6) is -0.448. The summed E-state index contributed by atoms with van der Waals surface area (Å²) in [6.45, 7) is 1.85. The van der Waals surface area contributed by atoms with Crippen LogP contribution in [0.1, 0.15) is 16.1 Å². The number of thiazole rings is 1. The standard InChI is InChI=1S/C19H16N6O3S/c1-10-14(13-6-4-5-7-20-13)29-18(22-10)23-16(26)11-8-12-15(21-9-11)24(2)19(28)25(3)17(12)27/h4-9H,1-3H3,(H,22,23,26). The summed E-state index contributed by atoms with van der Waals surface area (Å²) in [6.07, 6.45) is 3.03. The third-order valence-electron chi connectivity index (χ3n) is 4.47. The van der Waals surface area contributed by atoms with Crippen molar-refractivity contribution in [2.24, 2.45) is 14.1 Å². The van der Waals surface area contributed by atoms with Gasteiger partial charge in [0.1, 0.15) is 5.65 Å². The molecule has 0 saturated heterocycles. The average molecular weight is 408 g/mol. The molecule has 0 aromatic carbocycles. The Morgan fingerprint density at radius 2 is 1.93 bits per heavy atom. The monoisotopic (exact) mass is 408 g/mol. The van der Waals surface area contributed by atoms with Crippen molar-refractivity contribution in [1.82, 2.24) is 24.1 Å². The van der Waals surface area contributed by atoms with Crippen molar-refractivity contribution in [3.8, 4) is 10.6 Å². The van der Waals surface area contributed by atoms with E-state index in [-0.39, 0.29) is 16.6 Å². The SMILES string of the molecule is Cc1nc(NC(=O)c2cnc3c(c2)c(=O)n(C)c(=O)n3C)sc1-c1ccccn1. The van der Waals surface area contributed by atoms with E-state index in [9.17, 15) is 14.4 Å². The van der Waals surface area contributed by atoms with Crippen LogP contribution in [0.3, 0.4) is 0 Å². The van der Waals surface area contributed by atoms with Gasteiger partial charge in [-0.25, -0.2) is 14.8 Å². The van der Waals surface area contributed by atoms with E-state index in [1.807, 2.05) is 25.1 Å². The van der Waals surface area contributed by atoms with Crippen LogP contribution in [0.2, 0.25) is 0 Å². The quantitative estimate of drug-likeness (QED) is 0.552. The molecule has 4 aromatic heterocycles. The Hall–Kier alpha value is -3.66. The number of nitrogens with zero attached hydrogens (tertiary/aromatic N) is 5. The van der Waals surface area contributed by atoms with Gasteiger partial charge >= 0.3 is 5.69 Å². The minimum absolute atomic E-state index is 0.187. The number of amides is 1. The van der Waals surface area contributed by atoms with Crippen molar-refractivity contribution in [2.75, 3.05) is 5.32 Å². The normalized spacial score (nSPS) is 11.0. The maximum atomic E-state index is 12.7.